The van der Waals surface area contributed by atoms with E-state index in [-0.39, 0.29) is 0 Å². The van der Waals surface area contributed by atoms with Crippen LogP contribution in [-0.2, 0) is 9.47 Å². The molecular formula is C14H30O4. The average molecular weight is 262 g/mol. The zero-order valence-corrected chi connectivity index (χ0v) is 12.3. The highest BCUT2D eigenvalue weighted by Crippen LogP contribution is 2.22. The predicted octanol–water partition coefficient (Wildman–Crippen LogP) is 2.12. The van der Waals surface area contributed by atoms with Gasteiger partial charge in [-0.05, 0) is 26.7 Å². The number of rotatable bonds is 11. The van der Waals surface area contributed by atoms with Crippen molar-refractivity contribution in [3.63, 3.8) is 0 Å². The molecule has 0 bridgehead atoms. The van der Waals surface area contributed by atoms with Crippen LogP contribution in [0.25, 0.3) is 0 Å². The summed E-state index contributed by atoms with van der Waals surface area (Å²) in [5.74, 6) is 0. The zero-order chi connectivity index (χ0) is 14.0. The molecule has 0 saturated heterocycles. The van der Waals surface area contributed by atoms with Gasteiger partial charge in [0, 0.05) is 13.0 Å². The highest BCUT2D eigenvalue weighted by Gasteiger charge is 2.27. The smallest absolute Gasteiger partial charge is 0.0801 e. The van der Waals surface area contributed by atoms with Crippen LogP contribution in [-0.4, -0.2) is 47.8 Å². The molecule has 0 aliphatic carbocycles. The first-order chi connectivity index (χ1) is 8.47. The predicted molar refractivity (Wildman–Crippen MR) is 72.7 cm³/mol. The number of aliphatic hydroxyl groups is 2. The maximum absolute atomic E-state index is 9.85. The fourth-order valence-corrected chi connectivity index (χ4v) is 1.83. The molecule has 0 radical (unpaired) electrons. The minimum absolute atomic E-state index is 0.333. The van der Waals surface area contributed by atoms with Gasteiger partial charge < -0.3 is 19.7 Å². The van der Waals surface area contributed by atoms with Gasteiger partial charge in [0.05, 0.1) is 31.0 Å². The Morgan fingerprint density at radius 3 is 2.22 bits per heavy atom. The second kappa shape index (κ2) is 9.73. The first kappa shape index (κ1) is 17.8. The van der Waals surface area contributed by atoms with E-state index < -0.39 is 17.8 Å². The minimum Gasteiger partial charge on any atom is -0.391 e. The van der Waals surface area contributed by atoms with E-state index in [9.17, 15) is 10.2 Å². The van der Waals surface area contributed by atoms with Crippen molar-refractivity contribution in [3.8, 4) is 0 Å². The Labute approximate surface area is 111 Å². The Hall–Kier alpha value is -0.160. The lowest BCUT2D eigenvalue weighted by molar-refractivity contribution is -0.101. The largest absolute Gasteiger partial charge is 0.391 e. The molecule has 0 aliphatic heterocycles. The van der Waals surface area contributed by atoms with Crippen LogP contribution >= 0.6 is 0 Å². The molecule has 0 heterocycles. The van der Waals surface area contributed by atoms with Gasteiger partial charge in [-0.3, -0.25) is 0 Å². The summed E-state index contributed by atoms with van der Waals surface area (Å²) in [5, 5.41) is 19.5. The van der Waals surface area contributed by atoms with Gasteiger partial charge in [0.25, 0.3) is 0 Å². The molecule has 0 saturated carbocycles. The third-order valence-electron chi connectivity index (χ3n) is 3.18. The van der Waals surface area contributed by atoms with Gasteiger partial charge in [-0.2, -0.15) is 0 Å². The van der Waals surface area contributed by atoms with Crippen LogP contribution in [0.15, 0.2) is 0 Å². The molecule has 18 heavy (non-hydrogen) atoms. The lowest BCUT2D eigenvalue weighted by Gasteiger charge is -2.31. The molecule has 0 aliphatic rings. The Morgan fingerprint density at radius 1 is 1.06 bits per heavy atom. The SMILES string of the molecule is CCCC(O)COC(C)(CC)CC(O)COCC. The van der Waals surface area contributed by atoms with Crippen LogP contribution in [0.3, 0.4) is 0 Å². The van der Waals surface area contributed by atoms with E-state index in [1.54, 1.807) is 0 Å². The van der Waals surface area contributed by atoms with E-state index >= 15 is 0 Å². The quantitative estimate of drug-likeness (QED) is 0.599. The highest BCUT2D eigenvalue weighted by molar-refractivity contribution is 4.78. The van der Waals surface area contributed by atoms with Crippen molar-refractivity contribution in [3.05, 3.63) is 0 Å². The van der Waals surface area contributed by atoms with E-state index in [0.717, 1.165) is 19.3 Å². The van der Waals surface area contributed by atoms with Crippen LogP contribution in [0.5, 0.6) is 0 Å². The van der Waals surface area contributed by atoms with Crippen molar-refractivity contribution in [2.75, 3.05) is 19.8 Å². The first-order valence-corrected chi connectivity index (χ1v) is 7.05. The van der Waals surface area contributed by atoms with Gasteiger partial charge in [0.2, 0.25) is 0 Å². The van der Waals surface area contributed by atoms with Crippen molar-refractivity contribution in [1.29, 1.82) is 0 Å². The van der Waals surface area contributed by atoms with Gasteiger partial charge in [0.15, 0.2) is 0 Å². The highest BCUT2D eigenvalue weighted by atomic mass is 16.5. The van der Waals surface area contributed by atoms with Crippen LogP contribution in [0.2, 0.25) is 0 Å². The summed E-state index contributed by atoms with van der Waals surface area (Å²) in [5.41, 5.74) is -0.398. The third-order valence-corrected chi connectivity index (χ3v) is 3.18. The van der Waals surface area contributed by atoms with Gasteiger partial charge >= 0.3 is 0 Å². The summed E-state index contributed by atoms with van der Waals surface area (Å²) >= 11 is 0. The van der Waals surface area contributed by atoms with Crippen molar-refractivity contribution in [2.45, 2.75) is 71.2 Å². The summed E-state index contributed by atoms with van der Waals surface area (Å²) in [6, 6.07) is 0. The van der Waals surface area contributed by atoms with Crippen molar-refractivity contribution in [1.82, 2.24) is 0 Å². The molecule has 0 aromatic heterocycles. The molecule has 4 nitrogen and oxygen atoms in total. The number of hydrogen-bond donors (Lipinski definition) is 2. The molecule has 4 heteroatoms. The number of ether oxygens (including phenoxy) is 2. The Kier molecular flexibility index (Phi) is 9.64. The molecule has 0 aromatic rings. The monoisotopic (exact) mass is 262 g/mol. The first-order valence-electron chi connectivity index (χ1n) is 7.05. The van der Waals surface area contributed by atoms with Crippen LogP contribution in [0.1, 0.15) is 53.4 Å². The standard InChI is InChI=1S/C14H30O4/c1-5-8-12(15)11-18-14(4,6-2)9-13(16)10-17-7-3/h12-13,15-16H,5-11H2,1-4H3. The summed E-state index contributed by atoms with van der Waals surface area (Å²) in [7, 11) is 0. The molecule has 0 fully saturated rings. The maximum Gasteiger partial charge on any atom is 0.0801 e. The molecular weight excluding hydrogens is 232 g/mol. The van der Waals surface area contributed by atoms with Crippen molar-refractivity contribution < 1.29 is 19.7 Å². The van der Waals surface area contributed by atoms with E-state index in [2.05, 4.69) is 0 Å². The topological polar surface area (TPSA) is 58.9 Å². The number of hydrogen-bond acceptors (Lipinski definition) is 4. The van der Waals surface area contributed by atoms with Crippen LogP contribution < -0.4 is 0 Å². The van der Waals surface area contributed by atoms with Gasteiger partial charge in [-0.1, -0.05) is 20.3 Å². The fraction of sp³-hybridized carbons (Fsp3) is 1.00. The molecule has 0 amide bonds. The van der Waals surface area contributed by atoms with E-state index in [4.69, 9.17) is 9.47 Å². The fourth-order valence-electron chi connectivity index (χ4n) is 1.83. The summed E-state index contributed by atoms with van der Waals surface area (Å²) in [6.45, 7) is 9.22. The van der Waals surface area contributed by atoms with E-state index in [0.29, 0.717) is 26.2 Å². The van der Waals surface area contributed by atoms with Gasteiger partial charge in [0.1, 0.15) is 0 Å². The summed E-state index contributed by atoms with van der Waals surface area (Å²) < 4.78 is 11.0. The molecule has 3 atom stereocenters. The van der Waals surface area contributed by atoms with Crippen LogP contribution in [0, 0.1) is 0 Å². The van der Waals surface area contributed by atoms with Crippen molar-refractivity contribution >= 4 is 0 Å². The van der Waals surface area contributed by atoms with E-state index in [1.807, 2.05) is 27.7 Å². The molecule has 0 spiro atoms. The molecule has 0 rings (SSSR count). The third kappa shape index (κ3) is 8.03. The zero-order valence-electron chi connectivity index (χ0n) is 12.3. The van der Waals surface area contributed by atoms with Gasteiger partial charge in [-0.25, -0.2) is 0 Å². The molecule has 110 valence electrons. The molecule has 3 unspecified atom stereocenters. The molecule has 2 N–H and O–H groups in total. The lowest BCUT2D eigenvalue weighted by Crippen LogP contribution is -2.37. The Morgan fingerprint density at radius 2 is 1.72 bits per heavy atom. The average Bonchev–Trinajstić information content (AvgIpc) is 2.34. The normalized spacial score (nSPS) is 18.3. The Bertz CT molecular complexity index is 198. The maximum atomic E-state index is 9.85. The second-order valence-electron chi connectivity index (χ2n) is 5.07. The summed E-state index contributed by atoms with van der Waals surface area (Å²) in [6.07, 6.45) is 2.10. The number of aliphatic hydroxyl groups excluding tert-OH is 2. The minimum atomic E-state index is -0.516. The van der Waals surface area contributed by atoms with Crippen molar-refractivity contribution in [2.24, 2.45) is 0 Å². The second-order valence-corrected chi connectivity index (χ2v) is 5.07. The van der Waals surface area contributed by atoms with Gasteiger partial charge in [-0.15, -0.1) is 0 Å². The molecule has 0 aromatic carbocycles. The summed E-state index contributed by atoms with van der Waals surface area (Å²) in [4.78, 5) is 0. The Balaban J connectivity index is 4.08. The van der Waals surface area contributed by atoms with Crippen LogP contribution in [0.4, 0.5) is 0 Å². The lowest BCUT2D eigenvalue weighted by atomic mass is 9.95. The van der Waals surface area contributed by atoms with E-state index in [1.165, 1.54) is 0 Å².